The number of rotatable bonds is 7. The molecule has 30 heavy (non-hydrogen) atoms. The molecule has 0 aliphatic carbocycles. The Kier molecular flexibility index (Phi) is 7.46. The summed E-state index contributed by atoms with van der Waals surface area (Å²) in [5.74, 6) is 1.25. The summed E-state index contributed by atoms with van der Waals surface area (Å²) >= 11 is 0. The number of benzene rings is 2. The minimum Gasteiger partial charge on any atom is -0.457 e. The van der Waals surface area contributed by atoms with Crippen molar-refractivity contribution in [3.8, 4) is 11.5 Å². The minimum absolute atomic E-state index is 0. The molecule has 0 fully saturated rings. The summed E-state index contributed by atoms with van der Waals surface area (Å²) in [6.07, 6.45) is 1.73. The van der Waals surface area contributed by atoms with Crippen molar-refractivity contribution in [3.05, 3.63) is 71.0 Å². The number of carbonyl (C=O) groups is 1. The summed E-state index contributed by atoms with van der Waals surface area (Å²) in [6.45, 7) is 2.25. The number of fused-ring (bicyclic) bond motifs is 1. The Balaban J connectivity index is 0.00000256. The van der Waals surface area contributed by atoms with Crippen molar-refractivity contribution in [3.63, 3.8) is 0 Å². The standard InChI is InChI=1S/C22H24N4O3.ClH/c1-28-13-11-15-2-6-17(7-3-15)29-18-8-4-16(5-9-18)24-22(27)21-19-14-23-12-10-20(19)25-26-21;/h2-9,23H,10-14H2,1H3,(H,24,27)(H,25,26);1H. The number of carbonyl (C=O) groups excluding carboxylic acids is 1. The second-order valence-corrected chi connectivity index (χ2v) is 6.92. The van der Waals surface area contributed by atoms with Gasteiger partial charge in [-0.2, -0.15) is 5.10 Å². The number of H-pyrrole nitrogens is 1. The third kappa shape index (κ3) is 5.18. The number of aromatic nitrogens is 2. The summed E-state index contributed by atoms with van der Waals surface area (Å²) in [5.41, 5.74) is 4.32. The number of ether oxygens (including phenoxy) is 2. The molecule has 1 amide bonds. The van der Waals surface area contributed by atoms with Crippen LogP contribution in [0.5, 0.6) is 11.5 Å². The molecule has 1 aliphatic heterocycles. The first kappa shape index (κ1) is 21.8. The molecule has 2 aromatic carbocycles. The van der Waals surface area contributed by atoms with E-state index in [0.717, 1.165) is 36.4 Å². The topological polar surface area (TPSA) is 88.3 Å². The van der Waals surface area contributed by atoms with E-state index in [4.69, 9.17) is 9.47 Å². The fraction of sp³-hybridized carbons (Fsp3) is 0.273. The molecule has 3 aromatic rings. The SMILES string of the molecule is COCCc1ccc(Oc2ccc(NC(=O)c3n[nH]c4c3CNCC4)cc2)cc1.Cl. The maximum Gasteiger partial charge on any atom is 0.276 e. The first-order chi connectivity index (χ1) is 14.2. The Morgan fingerprint density at radius 1 is 1.10 bits per heavy atom. The van der Waals surface area contributed by atoms with Crippen molar-refractivity contribution in [2.24, 2.45) is 0 Å². The lowest BCUT2D eigenvalue weighted by Crippen LogP contribution is -2.25. The number of aromatic amines is 1. The predicted octanol–water partition coefficient (Wildman–Crippen LogP) is 3.71. The van der Waals surface area contributed by atoms with Gasteiger partial charge in [0.25, 0.3) is 5.91 Å². The first-order valence-electron chi connectivity index (χ1n) is 9.67. The van der Waals surface area contributed by atoms with Crippen LogP contribution in [0, 0.1) is 0 Å². The molecular formula is C22H25ClN4O3. The second kappa shape index (κ2) is 10.2. The van der Waals surface area contributed by atoms with Gasteiger partial charge in [-0.25, -0.2) is 0 Å². The molecule has 3 N–H and O–H groups in total. The average molecular weight is 429 g/mol. The van der Waals surface area contributed by atoms with E-state index >= 15 is 0 Å². The molecule has 1 aliphatic rings. The number of hydrogen-bond acceptors (Lipinski definition) is 5. The highest BCUT2D eigenvalue weighted by atomic mass is 35.5. The summed E-state index contributed by atoms with van der Waals surface area (Å²) < 4.78 is 11.0. The molecule has 0 unspecified atom stereocenters. The predicted molar refractivity (Wildman–Crippen MR) is 118 cm³/mol. The number of anilines is 1. The normalized spacial score (nSPS) is 12.6. The molecule has 0 radical (unpaired) electrons. The Labute approximate surface area is 181 Å². The van der Waals surface area contributed by atoms with Gasteiger partial charge in [-0.15, -0.1) is 12.4 Å². The zero-order chi connectivity index (χ0) is 20.1. The van der Waals surface area contributed by atoms with E-state index < -0.39 is 0 Å². The molecular weight excluding hydrogens is 404 g/mol. The van der Waals surface area contributed by atoms with Gasteiger partial charge in [0.1, 0.15) is 11.5 Å². The maximum absolute atomic E-state index is 12.6. The lowest BCUT2D eigenvalue weighted by Gasteiger charge is -2.13. The van der Waals surface area contributed by atoms with E-state index in [1.807, 2.05) is 48.5 Å². The zero-order valence-electron chi connectivity index (χ0n) is 16.7. The highest BCUT2D eigenvalue weighted by molar-refractivity contribution is 6.04. The van der Waals surface area contributed by atoms with Gasteiger partial charge < -0.3 is 20.1 Å². The van der Waals surface area contributed by atoms with Gasteiger partial charge >= 0.3 is 0 Å². The average Bonchev–Trinajstić information content (AvgIpc) is 3.19. The lowest BCUT2D eigenvalue weighted by atomic mass is 10.1. The Morgan fingerprint density at radius 2 is 1.80 bits per heavy atom. The molecule has 2 heterocycles. The molecule has 0 saturated carbocycles. The van der Waals surface area contributed by atoms with Crippen molar-refractivity contribution >= 4 is 24.0 Å². The van der Waals surface area contributed by atoms with Gasteiger partial charge in [0.05, 0.1) is 6.61 Å². The molecule has 4 rings (SSSR count). The van der Waals surface area contributed by atoms with Crippen molar-refractivity contribution in [1.29, 1.82) is 0 Å². The summed E-state index contributed by atoms with van der Waals surface area (Å²) in [7, 11) is 1.70. The molecule has 8 heteroatoms. The third-order valence-electron chi connectivity index (χ3n) is 4.89. The fourth-order valence-electron chi connectivity index (χ4n) is 3.29. The van der Waals surface area contributed by atoms with Gasteiger partial charge in [-0.1, -0.05) is 12.1 Å². The molecule has 0 bridgehead atoms. The number of nitrogens with one attached hydrogen (secondary N) is 3. The van der Waals surface area contributed by atoms with Crippen molar-refractivity contribution in [1.82, 2.24) is 15.5 Å². The van der Waals surface area contributed by atoms with Crippen molar-refractivity contribution < 1.29 is 14.3 Å². The number of halogens is 1. The summed E-state index contributed by atoms with van der Waals surface area (Å²) in [5, 5.41) is 13.3. The fourth-order valence-corrected chi connectivity index (χ4v) is 3.29. The van der Waals surface area contributed by atoms with Crippen LogP contribution in [0.15, 0.2) is 48.5 Å². The number of methoxy groups -OCH3 is 1. The van der Waals surface area contributed by atoms with Crippen molar-refractivity contribution in [2.75, 3.05) is 25.6 Å². The van der Waals surface area contributed by atoms with E-state index in [0.29, 0.717) is 30.3 Å². The van der Waals surface area contributed by atoms with Crippen LogP contribution in [0.1, 0.15) is 27.3 Å². The number of nitrogens with zero attached hydrogens (tertiary/aromatic N) is 1. The van der Waals surface area contributed by atoms with E-state index in [1.54, 1.807) is 7.11 Å². The third-order valence-corrected chi connectivity index (χ3v) is 4.89. The van der Waals surface area contributed by atoms with Crippen LogP contribution in [0.25, 0.3) is 0 Å². The van der Waals surface area contributed by atoms with Crippen LogP contribution in [-0.4, -0.2) is 36.4 Å². The number of amides is 1. The van der Waals surface area contributed by atoms with Crippen LogP contribution in [0.4, 0.5) is 5.69 Å². The highest BCUT2D eigenvalue weighted by Crippen LogP contribution is 2.24. The molecule has 158 valence electrons. The van der Waals surface area contributed by atoms with Gasteiger partial charge in [-0.05, 0) is 48.4 Å². The molecule has 0 spiro atoms. The lowest BCUT2D eigenvalue weighted by molar-refractivity contribution is 0.102. The van der Waals surface area contributed by atoms with Gasteiger partial charge in [0.15, 0.2) is 5.69 Å². The van der Waals surface area contributed by atoms with Gasteiger partial charge in [0, 0.05) is 43.6 Å². The van der Waals surface area contributed by atoms with Gasteiger partial charge in [0.2, 0.25) is 0 Å². The number of hydrogen-bond donors (Lipinski definition) is 3. The van der Waals surface area contributed by atoms with Crippen LogP contribution in [-0.2, 0) is 24.1 Å². The Bertz CT molecular complexity index is 971. The second-order valence-electron chi connectivity index (χ2n) is 6.92. The molecule has 0 saturated heterocycles. The van der Waals surface area contributed by atoms with E-state index in [1.165, 1.54) is 5.56 Å². The monoisotopic (exact) mass is 428 g/mol. The van der Waals surface area contributed by atoms with E-state index in [-0.39, 0.29) is 18.3 Å². The van der Waals surface area contributed by atoms with Crippen LogP contribution in [0.2, 0.25) is 0 Å². The summed E-state index contributed by atoms with van der Waals surface area (Å²) in [6, 6.07) is 15.2. The first-order valence-corrected chi connectivity index (χ1v) is 9.67. The highest BCUT2D eigenvalue weighted by Gasteiger charge is 2.21. The van der Waals surface area contributed by atoms with Crippen LogP contribution < -0.4 is 15.4 Å². The quantitative estimate of drug-likeness (QED) is 0.534. The largest absolute Gasteiger partial charge is 0.457 e. The Hall–Kier alpha value is -2.87. The maximum atomic E-state index is 12.6. The van der Waals surface area contributed by atoms with Crippen LogP contribution >= 0.6 is 12.4 Å². The minimum atomic E-state index is -0.216. The molecule has 7 nitrogen and oxygen atoms in total. The van der Waals surface area contributed by atoms with Crippen LogP contribution in [0.3, 0.4) is 0 Å². The van der Waals surface area contributed by atoms with E-state index in [2.05, 4.69) is 20.8 Å². The zero-order valence-corrected chi connectivity index (χ0v) is 17.6. The Morgan fingerprint density at radius 3 is 2.50 bits per heavy atom. The molecule has 1 aromatic heterocycles. The smallest absolute Gasteiger partial charge is 0.276 e. The molecule has 0 atom stereocenters. The van der Waals surface area contributed by atoms with Gasteiger partial charge in [-0.3, -0.25) is 9.89 Å². The summed E-state index contributed by atoms with van der Waals surface area (Å²) in [4.78, 5) is 12.6. The van der Waals surface area contributed by atoms with Crippen molar-refractivity contribution in [2.45, 2.75) is 19.4 Å². The van der Waals surface area contributed by atoms with E-state index in [9.17, 15) is 4.79 Å².